The summed E-state index contributed by atoms with van der Waals surface area (Å²) < 4.78 is 33.8. The number of pyridine rings is 3. The fraction of sp³-hybridized carbons (Fsp3) is 0.438. The minimum Gasteiger partial charge on any atom is -0.494 e. The van der Waals surface area contributed by atoms with Crippen LogP contribution in [-0.4, -0.2) is 205 Å². The van der Waals surface area contributed by atoms with E-state index in [1.54, 1.807) is 18.2 Å². The first-order chi connectivity index (χ1) is 39.6. The molecule has 3 aromatic heterocycles. The summed E-state index contributed by atoms with van der Waals surface area (Å²) in [5.74, 6) is 0.756. The number of unbranched alkanes of at least 4 members (excludes halogenated alkanes) is 1. The molecule has 3 aromatic carbocycles. The zero-order valence-corrected chi connectivity index (χ0v) is 49.5. The van der Waals surface area contributed by atoms with Gasteiger partial charge in [0.15, 0.2) is 0 Å². The second-order valence-corrected chi connectivity index (χ2v) is 21.4. The van der Waals surface area contributed by atoms with Crippen LogP contribution < -0.4 is 14.2 Å². The third kappa shape index (κ3) is 19.7. The predicted molar refractivity (Wildman–Crippen MR) is 319 cm³/mol. The fourth-order valence-corrected chi connectivity index (χ4v) is 9.57. The number of ether oxygens (including phenoxy) is 6. The van der Waals surface area contributed by atoms with E-state index in [9.17, 15) is 14.4 Å². The molecule has 0 N–H and O–H groups in total. The van der Waals surface area contributed by atoms with E-state index in [4.69, 9.17) is 43.4 Å². The van der Waals surface area contributed by atoms with Crippen LogP contribution in [0.1, 0.15) is 74.2 Å². The van der Waals surface area contributed by atoms with E-state index in [1.807, 2.05) is 119 Å². The maximum absolute atomic E-state index is 13.2. The molecule has 0 spiro atoms. The summed E-state index contributed by atoms with van der Waals surface area (Å²) in [5.41, 5.74) is 8.00. The molecule has 1 fully saturated rings. The van der Waals surface area contributed by atoms with Crippen LogP contribution in [-0.2, 0) is 33.8 Å². The van der Waals surface area contributed by atoms with Gasteiger partial charge in [0.25, 0.3) is 0 Å². The van der Waals surface area contributed by atoms with Crippen molar-refractivity contribution in [3.8, 4) is 50.6 Å². The van der Waals surface area contributed by atoms with Crippen LogP contribution in [0.15, 0.2) is 109 Å². The van der Waals surface area contributed by atoms with Gasteiger partial charge in [-0.05, 0) is 181 Å². The smallest absolute Gasteiger partial charge is 0.356 e. The molecule has 0 atom stereocenters. The minimum absolute atomic E-state index is 0.214. The standard InChI is InChI=1S/C64H83N9O9/c1-68(2)26-10-11-35-80-56-20-14-47(15-21-56)50-38-53(65-59(41-50)62(74)77-7)44-71-29-31-72(45-54-39-51(42-60(66-54)63(75)78-8)48-16-22-57(23-17-48)81-36-12-27-69(3)4)33-34-73(32-30-71)46-55-40-52(43-61(67-55)64(76)79-9)49-18-24-58(25-19-49)82-37-13-28-70(5)6/h14-25,38-43H,10-13,26-37,44-46H2,1-9H3. The van der Waals surface area contributed by atoms with Crippen molar-refractivity contribution in [2.75, 3.05) is 142 Å². The number of nitrogens with zero attached hydrogens (tertiary/aromatic N) is 9. The lowest BCUT2D eigenvalue weighted by Gasteiger charge is -2.26. The third-order valence-corrected chi connectivity index (χ3v) is 14.0. The molecular weight excluding hydrogens is 1040 g/mol. The van der Waals surface area contributed by atoms with Gasteiger partial charge in [0.1, 0.15) is 34.3 Å². The highest BCUT2D eigenvalue weighted by Crippen LogP contribution is 2.29. The predicted octanol–water partition coefficient (Wildman–Crippen LogP) is 8.43. The Labute approximate surface area is 484 Å². The summed E-state index contributed by atoms with van der Waals surface area (Å²) in [6.45, 7) is 9.85. The molecule has 4 heterocycles. The Balaban J connectivity index is 1.17. The van der Waals surface area contributed by atoms with Crippen molar-refractivity contribution in [1.29, 1.82) is 0 Å². The molecule has 438 valence electrons. The average Bonchev–Trinajstić information content (AvgIpc) is 3.57. The number of hydrogen-bond acceptors (Lipinski definition) is 18. The highest BCUT2D eigenvalue weighted by atomic mass is 16.5. The maximum Gasteiger partial charge on any atom is 0.356 e. The van der Waals surface area contributed by atoms with E-state index in [1.165, 1.54) is 21.3 Å². The number of esters is 3. The topological polar surface area (TPSA) is 165 Å². The molecule has 0 aliphatic carbocycles. The molecule has 7 rings (SSSR count). The van der Waals surface area contributed by atoms with Gasteiger partial charge in [-0.3, -0.25) is 14.7 Å². The van der Waals surface area contributed by atoms with Crippen LogP contribution in [0, 0.1) is 0 Å². The zero-order chi connectivity index (χ0) is 58.4. The molecule has 82 heavy (non-hydrogen) atoms. The van der Waals surface area contributed by atoms with Crippen molar-refractivity contribution >= 4 is 17.9 Å². The number of aromatic nitrogens is 3. The average molecular weight is 1120 g/mol. The van der Waals surface area contributed by atoms with Crippen LogP contribution in [0.2, 0.25) is 0 Å². The molecule has 0 amide bonds. The number of carbonyl (C=O) groups excluding carboxylic acids is 3. The van der Waals surface area contributed by atoms with Crippen molar-refractivity contribution in [2.24, 2.45) is 0 Å². The quantitative estimate of drug-likeness (QED) is 0.0261. The second-order valence-electron chi connectivity index (χ2n) is 21.4. The molecule has 1 saturated heterocycles. The number of hydrogen-bond donors (Lipinski definition) is 0. The largest absolute Gasteiger partial charge is 0.494 e. The normalized spacial score (nSPS) is 13.6. The van der Waals surface area contributed by atoms with E-state index in [0.717, 1.165) is 95.9 Å². The Bertz CT molecular complexity index is 2840. The number of carbonyl (C=O) groups is 3. The second kappa shape index (κ2) is 31.8. The van der Waals surface area contributed by atoms with E-state index in [0.29, 0.717) is 95.8 Å². The Hall–Kier alpha value is -7.32. The van der Waals surface area contributed by atoms with Crippen molar-refractivity contribution in [3.63, 3.8) is 0 Å². The van der Waals surface area contributed by atoms with Gasteiger partial charge in [-0.15, -0.1) is 0 Å². The zero-order valence-electron chi connectivity index (χ0n) is 49.5. The van der Waals surface area contributed by atoms with Crippen molar-refractivity contribution in [2.45, 2.75) is 45.3 Å². The first kappa shape index (κ1) is 62.3. The van der Waals surface area contributed by atoms with Gasteiger partial charge in [0.05, 0.1) is 58.2 Å². The summed E-state index contributed by atoms with van der Waals surface area (Å²) >= 11 is 0. The van der Waals surface area contributed by atoms with Crippen LogP contribution in [0.5, 0.6) is 17.2 Å². The first-order valence-corrected chi connectivity index (χ1v) is 28.2. The SMILES string of the molecule is COC(=O)c1cc(-c2ccc(OCCCCN(C)C)cc2)cc(CN2CCN(Cc3cc(-c4ccc(OCCCN(C)C)cc4)cc(C(=O)OC)n3)CCN(Cc3cc(-c4ccc(OCCCN(C)C)cc4)cc(C(=O)OC)n3)CC2)n1. The van der Waals surface area contributed by atoms with Gasteiger partial charge >= 0.3 is 17.9 Å². The number of benzene rings is 3. The Morgan fingerprint density at radius 2 is 0.646 bits per heavy atom. The molecule has 1 aliphatic heterocycles. The van der Waals surface area contributed by atoms with E-state index < -0.39 is 17.9 Å². The molecule has 1 aliphatic rings. The molecule has 0 unspecified atom stereocenters. The summed E-state index contributed by atoms with van der Waals surface area (Å²) in [6.07, 6.45) is 3.82. The Morgan fingerprint density at radius 1 is 0.378 bits per heavy atom. The van der Waals surface area contributed by atoms with Crippen LogP contribution in [0.25, 0.3) is 33.4 Å². The molecule has 18 heteroatoms. The van der Waals surface area contributed by atoms with Gasteiger partial charge in [-0.2, -0.15) is 0 Å². The van der Waals surface area contributed by atoms with Crippen molar-refractivity contribution in [1.82, 2.24) is 44.4 Å². The van der Waals surface area contributed by atoms with E-state index in [-0.39, 0.29) is 17.1 Å². The van der Waals surface area contributed by atoms with Crippen molar-refractivity contribution in [3.05, 3.63) is 143 Å². The molecule has 0 bridgehead atoms. The lowest BCUT2D eigenvalue weighted by molar-refractivity contribution is 0.0584. The van der Waals surface area contributed by atoms with Gasteiger partial charge in [0, 0.05) is 72.0 Å². The van der Waals surface area contributed by atoms with Gasteiger partial charge in [-0.1, -0.05) is 36.4 Å². The third-order valence-electron chi connectivity index (χ3n) is 14.0. The Morgan fingerprint density at radius 3 is 0.915 bits per heavy atom. The molecular formula is C64H83N9O9. The lowest BCUT2D eigenvalue weighted by Crippen LogP contribution is -2.36. The van der Waals surface area contributed by atoms with Crippen LogP contribution in [0.4, 0.5) is 0 Å². The Kier molecular flexibility index (Phi) is 24.1. The highest BCUT2D eigenvalue weighted by molar-refractivity contribution is 5.90. The van der Waals surface area contributed by atoms with Gasteiger partial charge in [0.2, 0.25) is 0 Å². The molecule has 18 nitrogen and oxygen atoms in total. The number of methoxy groups -OCH3 is 3. The highest BCUT2D eigenvalue weighted by Gasteiger charge is 2.23. The minimum atomic E-state index is -0.525. The summed E-state index contributed by atoms with van der Waals surface area (Å²) in [7, 11) is 16.4. The van der Waals surface area contributed by atoms with E-state index in [2.05, 4.69) is 43.5 Å². The summed E-state index contributed by atoms with van der Waals surface area (Å²) in [6, 6.07) is 35.1. The number of rotatable bonds is 28. The van der Waals surface area contributed by atoms with E-state index >= 15 is 0 Å². The molecule has 0 radical (unpaired) electrons. The monoisotopic (exact) mass is 1120 g/mol. The summed E-state index contributed by atoms with van der Waals surface area (Å²) in [5, 5.41) is 0. The summed E-state index contributed by atoms with van der Waals surface area (Å²) in [4.78, 5) is 67.7. The lowest BCUT2D eigenvalue weighted by atomic mass is 10.0. The van der Waals surface area contributed by atoms with Crippen LogP contribution in [0.3, 0.4) is 0 Å². The first-order valence-electron chi connectivity index (χ1n) is 28.2. The fourth-order valence-electron chi connectivity index (χ4n) is 9.57. The van der Waals surface area contributed by atoms with Gasteiger partial charge in [-0.25, -0.2) is 29.3 Å². The molecule has 6 aromatic rings. The molecule has 0 saturated carbocycles. The van der Waals surface area contributed by atoms with Crippen LogP contribution >= 0.6 is 0 Å². The van der Waals surface area contributed by atoms with Gasteiger partial charge < -0.3 is 43.1 Å². The maximum atomic E-state index is 13.2. The van der Waals surface area contributed by atoms with Crippen molar-refractivity contribution < 1.29 is 42.8 Å².